The number of likely N-dealkylation sites (N-methyl/N-ethyl adjacent to an activating group) is 1. The summed E-state index contributed by atoms with van der Waals surface area (Å²) >= 11 is 0. The van der Waals surface area contributed by atoms with Crippen molar-refractivity contribution < 1.29 is 33.8 Å². The van der Waals surface area contributed by atoms with Crippen LogP contribution >= 0.6 is 0 Å². The Bertz CT molecular complexity index is 490. The fourth-order valence-corrected chi connectivity index (χ4v) is 1.64. The molecule has 0 rings (SSSR count). The smallest absolute Gasteiger partial charge is 0.332 e. The maximum atomic E-state index is 12.4. The molecular formula is C14H22N2O7. The summed E-state index contributed by atoms with van der Waals surface area (Å²) in [4.78, 5) is 49.6. The van der Waals surface area contributed by atoms with Crippen LogP contribution in [0.1, 0.15) is 27.7 Å². The molecule has 9 heteroatoms. The summed E-state index contributed by atoms with van der Waals surface area (Å²) in [5.74, 6) is -2.97. The number of carboxylic acids is 1. The van der Waals surface area contributed by atoms with Crippen LogP contribution in [0.5, 0.6) is 0 Å². The molecule has 0 aliphatic rings. The Balaban J connectivity index is 5.40. The Morgan fingerprint density at radius 1 is 1.30 bits per heavy atom. The van der Waals surface area contributed by atoms with Crippen LogP contribution in [-0.2, 0) is 28.7 Å². The molecule has 0 spiro atoms. The van der Waals surface area contributed by atoms with Crippen LogP contribution in [0.3, 0.4) is 0 Å². The lowest BCUT2D eigenvalue weighted by atomic mass is 10.1. The molecule has 1 unspecified atom stereocenters. The van der Waals surface area contributed by atoms with Crippen LogP contribution < -0.4 is 0 Å². The summed E-state index contributed by atoms with van der Waals surface area (Å²) in [6.07, 6.45) is -0.454. The second-order valence-corrected chi connectivity index (χ2v) is 5.65. The third kappa shape index (κ3) is 7.53. The zero-order valence-corrected chi connectivity index (χ0v) is 13.9. The van der Waals surface area contributed by atoms with Crippen LogP contribution in [0.4, 0.5) is 0 Å². The number of hydrogen-bond donors (Lipinski definition) is 1. The van der Waals surface area contributed by atoms with E-state index in [-0.39, 0.29) is 13.2 Å². The lowest BCUT2D eigenvalue weighted by Gasteiger charge is -2.30. The van der Waals surface area contributed by atoms with Gasteiger partial charge in [-0.15, -0.1) is 0 Å². The molecule has 0 radical (unpaired) electrons. The number of amides is 1. The van der Waals surface area contributed by atoms with E-state index in [9.17, 15) is 19.2 Å². The molecule has 0 aromatic carbocycles. The van der Waals surface area contributed by atoms with Gasteiger partial charge in [-0.05, 0) is 27.7 Å². The van der Waals surface area contributed by atoms with Gasteiger partial charge < -0.3 is 19.5 Å². The van der Waals surface area contributed by atoms with Crippen molar-refractivity contribution in [1.29, 1.82) is 0 Å². The van der Waals surface area contributed by atoms with E-state index in [1.54, 1.807) is 27.7 Å². The molecule has 0 bridgehead atoms. The molecule has 130 valence electrons. The van der Waals surface area contributed by atoms with E-state index in [0.29, 0.717) is 0 Å². The van der Waals surface area contributed by atoms with Crippen LogP contribution in [0.15, 0.2) is 4.99 Å². The number of esters is 1. The van der Waals surface area contributed by atoms with E-state index in [1.165, 1.54) is 7.05 Å². The van der Waals surface area contributed by atoms with E-state index in [4.69, 9.17) is 14.6 Å². The van der Waals surface area contributed by atoms with Crippen LogP contribution in [0.25, 0.3) is 0 Å². The predicted molar refractivity (Wildman–Crippen MR) is 78.4 cm³/mol. The van der Waals surface area contributed by atoms with Crippen LogP contribution in [0, 0.1) is 0 Å². The first-order chi connectivity index (χ1) is 10.5. The zero-order chi connectivity index (χ0) is 18.2. The minimum Gasteiger partial charge on any atom is -0.480 e. The van der Waals surface area contributed by atoms with Gasteiger partial charge >= 0.3 is 11.9 Å². The van der Waals surface area contributed by atoms with Gasteiger partial charge in [-0.2, -0.15) is 4.99 Å². The number of carboxylic acid groups (broad SMARTS) is 1. The second-order valence-electron chi connectivity index (χ2n) is 5.65. The first-order valence-corrected chi connectivity index (χ1v) is 6.91. The number of isocyanates is 1. The maximum absolute atomic E-state index is 12.4. The molecular weight excluding hydrogens is 308 g/mol. The molecule has 9 nitrogen and oxygen atoms in total. The molecule has 2 atom stereocenters. The molecule has 0 aromatic heterocycles. The van der Waals surface area contributed by atoms with Gasteiger partial charge in [-0.3, -0.25) is 9.59 Å². The monoisotopic (exact) mass is 330 g/mol. The summed E-state index contributed by atoms with van der Waals surface area (Å²) in [5, 5.41) is 9.15. The Morgan fingerprint density at radius 2 is 1.87 bits per heavy atom. The molecule has 1 N–H and O–H groups in total. The van der Waals surface area contributed by atoms with Gasteiger partial charge in [0.15, 0.2) is 12.1 Å². The van der Waals surface area contributed by atoms with Crippen molar-refractivity contribution in [3.8, 4) is 0 Å². The van der Waals surface area contributed by atoms with E-state index in [1.807, 2.05) is 0 Å². The van der Waals surface area contributed by atoms with Crippen molar-refractivity contribution in [3.05, 3.63) is 0 Å². The number of rotatable bonds is 8. The quantitative estimate of drug-likeness (QED) is 0.377. The third-order valence-electron chi connectivity index (χ3n) is 2.50. The highest BCUT2D eigenvalue weighted by Crippen LogP contribution is 2.17. The number of carbonyl (C=O) groups is 3. The molecule has 1 amide bonds. The van der Waals surface area contributed by atoms with Gasteiger partial charge in [0.2, 0.25) is 6.08 Å². The fourth-order valence-electron chi connectivity index (χ4n) is 1.64. The highest BCUT2D eigenvalue weighted by Gasteiger charge is 2.39. The summed E-state index contributed by atoms with van der Waals surface area (Å²) in [6, 6.07) is -1.76. The SMILES string of the molecule is CCOC(=O)CN(C)C(=O)C(OC(C)(C)C)[C@H](N=C=O)C(=O)O. The third-order valence-corrected chi connectivity index (χ3v) is 2.50. The van der Waals surface area contributed by atoms with Gasteiger partial charge in [0.25, 0.3) is 5.91 Å². The van der Waals surface area contributed by atoms with Gasteiger partial charge in [-0.25, -0.2) is 9.59 Å². The summed E-state index contributed by atoms with van der Waals surface area (Å²) in [7, 11) is 1.29. The van der Waals surface area contributed by atoms with Crippen LogP contribution in [-0.4, -0.2) is 71.9 Å². The second kappa shape index (κ2) is 9.02. The largest absolute Gasteiger partial charge is 0.480 e. The molecule has 0 aliphatic carbocycles. The van der Waals surface area contributed by atoms with Gasteiger partial charge in [0.05, 0.1) is 12.2 Å². The van der Waals surface area contributed by atoms with Crippen molar-refractivity contribution in [2.45, 2.75) is 45.4 Å². The topological polar surface area (TPSA) is 123 Å². The Hall–Kier alpha value is -2.25. The zero-order valence-electron chi connectivity index (χ0n) is 13.9. The molecule has 0 heterocycles. The molecule has 0 saturated carbocycles. The Morgan fingerprint density at radius 3 is 2.26 bits per heavy atom. The minimum absolute atomic E-state index is 0.149. The summed E-state index contributed by atoms with van der Waals surface area (Å²) in [5.41, 5.74) is -0.878. The van der Waals surface area contributed by atoms with Crippen molar-refractivity contribution in [2.24, 2.45) is 4.99 Å². The van der Waals surface area contributed by atoms with Crippen molar-refractivity contribution in [1.82, 2.24) is 4.90 Å². The van der Waals surface area contributed by atoms with Gasteiger partial charge in [0, 0.05) is 7.05 Å². The highest BCUT2D eigenvalue weighted by molar-refractivity contribution is 5.91. The van der Waals surface area contributed by atoms with E-state index in [2.05, 4.69) is 4.99 Å². The summed E-state index contributed by atoms with van der Waals surface area (Å²) < 4.78 is 10.2. The van der Waals surface area contributed by atoms with Crippen molar-refractivity contribution >= 4 is 23.9 Å². The molecule has 23 heavy (non-hydrogen) atoms. The number of aliphatic carboxylic acids is 1. The van der Waals surface area contributed by atoms with Crippen LogP contribution in [0.2, 0.25) is 0 Å². The number of nitrogens with zero attached hydrogens (tertiary/aromatic N) is 2. The predicted octanol–water partition coefficient (Wildman–Crippen LogP) is -0.0194. The number of carbonyl (C=O) groups excluding carboxylic acids is 3. The number of hydrogen-bond acceptors (Lipinski definition) is 7. The first kappa shape index (κ1) is 20.8. The molecule has 0 aromatic rings. The molecule has 0 fully saturated rings. The highest BCUT2D eigenvalue weighted by atomic mass is 16.5. The average Bonchev–Trinajstić information content (AvgIpc) is 2.40. The summed E-state index contributed by atoms with van der Waals surface area (Å²) in [6.45, 7) is 6.22. The molecule has 0 saturated heterocycles. The van der Waals surface area contributed by atoms with Crippen molar-refractivity contribution in [2.75, 3.05) is 20.2 Å². The lowest BCUT2D eigenvalue weighted by Crippen LogP contribution is -2.51. The van der Waals surface area contributed by atoms with E-state index >= 15 is 0 Å². The first-order valence-electron chi connectivity index (χ1n) is 6.91. The normalized spacial score (nSPS) is 13.4. The fraction of sp³-hybridized carbons (Fsp3) is 0.714. The maximum Gasteiger partial charge on any atom is 0.332 e. The average molecular weight is 330 g/mol. The standard InChI is InChI=1S/C14H22N2O7/c1-6-22-9(18)7-16(5)12(19)11(23-14(2,3)4)10(13(20)21)15-8-17/h10-11H,6-7H2,1-5H3,(H,20,21)/t10-,11?/m0/s1. The van der Waals surface area contributed by atoms with Gasteiger partial charge in [0.1, 0.15) is 6.54 Å². The lowest BCUT2D eigenvalue weighted by molar-refractivity contribution is -0.164. The minimum atomic E-state index is -1.76. The molecule has 0 aliphatic heterocycles. The Labute approximate surface area is 134 Å². The van der Waals surface area contributed by atoms with Gasteiger partial charge in [-0.1, -0.05) is 0 Å². The van der Waals surface area contributed by atoms with E-state index in [0.717, 1.165) is 11.0 Å². The van der Waals surface area contributed by atoms with Crippen molar-refractivity contribution in [3.63, 3.8) is 0 Å². The number of aliphatic imine (C=N–C) groups is 1. The number of ether oxygens (including phenoxy) is 2. The Kier molecular flexibility index (Phi) is 8.13. The van der Waals surface area contributed by atoms with E-state index < -0.39 is 35.6 Å².